The molecular formula is C21H27N2O5P. The molecule has 29 heavy (non-hydrogen) atoms. The second-order valence-electron chi connectivity index (χ2n) is 7.62. The van der Waals surface area contributed by atoms with Gasteiger partial charge in [0.15, 0.2) is 0 Å². The summed E-state index contributed by atoms with van der Waals surface area (Å²) in [6.07, 6.45) is 2.14. The third-order valence-corrected chi connectivity index (χ3v) is 5.70. The maximum absolute atomic E-state index is 10.9. The van der Waals surface area contributed by atoms with Gasteiger partial charge < -0.3 is 20.4 Å². The van der Waals surface area contributed by atoms with Crippen molar-refractivity contribution < 1.29 is 23.7 Å². The van der Waals surface area contributed by atoms with Crippen molar-refractivity contribution in [2.24, 2.45) is 10.9 Å². The SMILES string of the molecule is C/C(=N\OCc1ccccc1)c1ccc([C@@H]2CC[C@](N)(COP(=O)(O)O)C2)cc1. The first kappa shape index (κ1) is 21.7. The molecule has 0 aromatic heterocycles. The highest BCUT2D eigenvalue weighted by atomic mass is 31.2. The van der Waals surface area contributed by atoms with Crippen LogP contribution in [0.25, 0.3) is 0 Å². The van der Waals surface area contributed by atoms with Crippen LogP contribution in [-0.2, 0) is 20.5 Å². The Kier molecular flexibility index (Phi) is 6.88. The Hall–Kier alpha value is -2.02. The number of hydrogen-bond donors (Lipinski definition) is 3. The molecular weight excluding hydrogens is 391 g/mol. The molecule has 0 heterocycles. The first-order valence-electron chi connectivity index (χ1n) is 9.54. The van der Waals surface area contributed by atoms with Crippen LogP contribution in [0.1, 0.15) is 48.8 Å². The quantitative estimate of drug-likeness (QED) is 0.342. The summed E-state index contributed by atoms with van der Waals surface area (Å²) in [4.78, 5) is 23.2. The molecule has 2 aromatic carbocycles. The van der Waals surface area contributed by atoms with Gasteiger partial charge in [-0.25, -0.2) is 4.57 Å². The van der Waals surface area contributed by atoms with Crippen LogP contribution in [0.5, 0.6) is 0 Å². The Morgan fingerprint density at radius 2 is 1.90 bits per heavy atom. The largest absolute Gasteiger partial charge is 0.469 e. The van der Waals surface area contributed by atoms with E-state index in [2.05, 4.69) is 9.68 Å². The summed E-state index contributed by atoms with van der Waals surface area (Å²) >= 11 is 0. The highest BCUT2D eigenvalue weighted by molar-refractivity contribution is 7.46. The lowest BCUT2D eigenvalue weighted by Gasteiger charge is -2.24. The van der Waals surface area contributed by atoms with Crippen molar-refractivity contribution in [1.29, 1.82) is 0 Å². The van der Waals surface area contributed by atoms with Crippen LogP contribution in [0.3, 0.4) is 0 Å². The summed E-state index contributed by atoms with van der Waals surface area (Å²) in [5.41, 5.74) is 9.54. The van der Waals surface area contributed by atoms with E-state index < -0.39 is 13.4 Å². The van der Waals surface area contributed by atoms with Gasteiger partial charge in [0.25, 0.3) is 0 Å². The lowest BCUT2D eigenvalue weighted by molar-refractivity contribution is 0.130. The minimum Gasteiger partial charge on any atom is -0.391 e. The van der Waals surface area contributed by atoms with E-state index in [0.717, 1.165) is 28.8 Å². The van der Waals surface area contributed by atoms with Gasteiger partial charge in [-0.3, -0.25) is 4.52 Å². The zero-order valence-electron chi connectivity index (χ0n) is 16.4. The standard InChI is InChI=1S/C21H27N2O5P/c1-16(23-27-14-17-5-3-2-4-6-17)18-7-9-19(10-8-18)20-11-12-21(22,13-20)15-28-29(24,25)26/h2-10,20H,11-15,22H2,1H3,(H2,24,25,26)/b23-16+/t20-,21-/m1/s1. The van der Waals surface area contributed by atoms with Gasteiger partial charge in [-0.05, 0) is 48.8 Å². The number of phosphoric ester groups is 1. The summed E-state index contributed by atoms with van der Waals surface area (Å²) in [5.74, 6) is 0.237. The molecule has 8 heteroatoms. The van der Waals surface area contributed by atoms with Crippen LogP contribution in [0.2, 0.25) is 0 Å². The van der Waals surface area contributed by atoms with Crippen molar-refractivity contribution in [3.8, 4) is 0 Å². The molecule has 1 aliphatic carbocycles. The molecule has 2 aromatic rings. The molecule has 3 rings (SSSR count). The van der Waals surface area contributed by atoms with E-state index in [1.165, 1.54) is 0 Å². The van der Waals surface area contributed by atoms with E-state index in [-0.39, 0.29) is 12.5 Å². The molecule has 1 fully saturated rings. The predicted octanol–water partition coefficient (Wildman–Crippen LogP) is 3.70. The molecule has 156 valence electrons. The summed E-state index contributed by atoms with van der Waals surface area (Å²) in [6, 6.07) is 18.0. The third kappa shape index (κ3) is 6.49. The van der Waals surface area contributed by atoms with E-state index in [1.807, 2.05) is 61.5 Å². The lowest BCUT2D eigenvalue weighted by atomic mass is 9.93. The molecule has 1 saturated carbocycles. The number of nitrogens with two attached hydrogens (primary N) is 1. The lowest BCUT2D eigenvalue weighted by Crippen LogP contribution is -2.41. The van der Waals surface area contributed by atoms with E-state index in [1.54, 1.807) is 0 Å². The maximum atomic E-state index is 10.9. The Bertz CT molecular complexity index is 882. The molecule has 0 aliphatic heterocycles. The summed E-state index contributed by atoms with van der Waals surface area (Å²) in [6.45, 7) is 2.18. The van der Waals surface area contributed by atoms with E-state index in [4.69, 9.17) is 20.4 Å². The first-order chi connectivity index (χ1) is 13.7. The third-order valence-electron chi connectivity index (χ3n) is 5.24. The molecule has 0 bridgehead atoms. The Morgan fingerprint density at radius 3 is 2.55 bits per heavy atom. The average Bonchev–Trinajstić information content (AvgIpc) is 3.10. The second kappa shape index (κ2) is 9.20. The van der Waals surface area contributed by atoms with Crippen molar-refractivity contribution in [3.63, 3.8) is 0 Å². The summed E-state index contributed by atoms with van der Waals surface area (Å²) in [5, 5.41) is 4.19. The molecule has 4 N–H and O–H groups in total. The van der Waals surface area contributed by atoms with Crippen molar-refractivity contribution >= 4 is 13.5 Å². The Morgan fingerprint density at radius 1 is 1.21 bits per heavy atom. The highest BCUT2D eigenvalue weighted by Crippen LogP contribution is 2.43. The minimum atomic E-state index is -4.50. The van der Waals surface area contributed by atoms with Gasteiger partial charge >= 0.3 is 7.82 Å². The van der Waals surface area contributed by atoms with Crippen molar-refractivity contribution in [2.75, 3.05) is 6.61 Å². The van der Waals surface area contributed by atoms with Crippen LogP contribution in [0, 0.1) is 0 Å². The first-order valence-corrected chi connectivity index (χ1v) is 11.1. The van der Waals surface area contributed by atoms with Crippen molar-refractivity contribution in [1.82, 2.24) is 0 Å². The minimum absolute atomic E-state index is 0.142. The zero-order chi connectivity index (χ0) is 20.9. The van der Waals surface area contributed by atoms with Crippen molar-refractivity contribution in [2.45, 2.75) is 44.2 Å². The number of benzene rings is 2. The smallest absolute Gasteiger partial charge is 0.391 e. The molecule has 0 radical (unpaired) electrons. The summed E-state index contributed by atoms with van der Waals surface area (Å²) in [7, 11) is -4.50. The molecule has 0 amide bonds. The molecule has 0 spiro atoms. The van der Waals surface area contributed by atoms with Gasteiger partial charge in [-0.15, -0.1) is 0 Å². The van der Waals surface area contributed by atoms with Crippen LogP contribution in [0.15, 0.2) is 59.8 Å². The number of phosphoric acid groups is 1. The monoisotopic (exact) mass is 418 g/mol. The second-order valence-corrected chi connectivity index (χ2v) is 8.86. The number of rotatable bonds is 8. The highest BCUT2D eigenvalue weighted by Gasteiger charge is 2.38. The zero-order valence-corrected chi connectivity index (χ0v) is 17.3. The van der Waals surface area contributed by atoms with Gasteiger partial charge in [0, 0.05) is 5.54 Å². The number of hydrogen-bond acceptors (Lipinski definition) is 5. The van der Waals surface area contributed by atoms with Crippen LogP contribution >= 0.6 is 7.82 Å². The Balaban J connectivity index is 1.56. The molecule has 7 nitrogen and oxygen atoms in total. The van der Waals surface area contributed by atoms with E-state index in [9.17, 15) is 4.57 Å². The van der Waals surface area contributed by atoms with Gasteiger partial charge in [0.1, 0.15) is 6.61 Å². The molecule has 0 saturated heterocycles. The van der Waals surface area contributed by atoms with Crippen LogP contribution in [-0.4, -0.2) is 27.6 Å². The number of oxime groups is 1. The van der Waals surface area contributed by atoms with Gasteiger partial charge in [0.2, 0.25) is 0 Å². The fraction of sp³-hybridized carbons (Fsp3) is 0.381. The van der Waals surface area contributed by atoms with Gasteiger partial charge in [0.05, 0.1) is 12.3 Å². The predicted molar refractivity (Wildman–Crippen MR) is 111 cm³/mol. The number of nitrogens with zero attached hydrogens (tertiary/aromatic N) is 1. The molecule has 0 unspecified atom stereocenters. The van der Waals surface area contributed by atoms with Crippen LogP contribution < -0.4 is 5.73 Å². The van der Waals surface area contributed by atoms with Crippen LogP contribution in [0.4, 0.5) is 0 Å². The molecule has 1 aliphatic rings. The average molecular weight is 418 g/mol. The van der Waals surface area contributed by atoms with E-state index >= 15 is 0 Å². The fourth-order valence-electron chi connectivity index (χ4n) is 3.61. The molecule has 2 atom stereocenters. The Labute approximate surface area is 170 Å². The maximum Gasteiger partial charge on any atom is 0.469 e. The normalized spacial score (nSPS) is 22.6. The fourth-order valence-corrected chi connectivity index (χ4v) is 4.04. The van der Waals surface area contributed by atoms with E-state index in [0.29, 0.717) is 19.4 Å². The topological polar surface area (TPSA) is 114 Å². The van der Waals surface area contributed by atoms with Crippen molar-refractivity contribution in [3.05, 3.63) is 71.3 Å². The van der Waals surface area contributed by atoms with Gasteiger partial charge in [-0.1, -0.05) is 59.8 Å². The summed E-state index contributed by atoms with van der Waals surface area (Å²) < 4.78 is 15.6. The van der Waals surface area contributed by atoms with Gasteiger partial charge in [-0.2, -0.15) is 0 Å².